The van der Waals surface area contributed by atoms with Gasteiger partial charge in [-0.15, -0.1) is 0 Å². The molecule has 1 aliphatic carbocycles. The SMILES string of the molecule is NC(N)=NC(=O)CCCCC1CC=CCC1. The fraction of sp³-hybridized carbons (Fsp3) is 0.667. The normalized spacial score (nSPS) is 19.4. The minimum Gasteiger partial charge on any atom is -0.370 e. The van der Waals surface area contributed by atoms with Crippen LogP contribution in [0.15, 0.2) is 17.1 Å². The molecule has 0 heterocycles. The number of aliphatic imine (C=N–C) groups is 1. The number of nitrogens with zero attached hydrogens (tertiary/aromatic N) is 1. The van der Waals surface area contributed by atoms with Gasteiger partial charge in [0.2, 0.25) is 5.91 Å². The molecular weight excluding hydrogens is 202 g/mol. The molecule has 0 aromatic carbocycles. The fourth-order valence-electron chi connectivity index (χ4n) is 2.03. The smallest absolute Gasteiger partial charge is 0.248 e. The quantitative estimate of drug-likeness (QED) is 0.322. The van der Waals surface area contributed by atoms with E-state index in [4.69, 9.17) is 11.5 Å². The molecule has 0 aromatic heterocycles. The van der Waals surface area contributed by atoms with Crippen molar-refractivity contribution in [3.63, 3.8) is 0 Å². The molecule has 0 aromatic rings. The molecule has 1 unspecified atom stereocenters. The molecule has 0 saturated heterocycles. The minimum absolute atomic E-state index is 0.137. The Labute approximate surface area is 96.8 Å². The molecule has 1 aliphatic rings. The van der Waals surface area contributed by atoms with Crippen molar-refractivity contribution in [2.45, 2.75) is 44.9 Å². The lowest BCUT2D eigenvalue weighted by Crippen LogP contribution is -2.24. The Kier molecular flexibility index (Phi) is 5.61. The Bertz CT molecular complexity index is 280. The summed E-state index contributed by atoms with van der Waals surface area (Å²) in [6.07, 6.45) is 11.8. The fourth-order valence-corrected chi connectivity index (χ4v) is 2.03. The van der Waals surface area contributed by atoms with Crippen LogP contribution in [0.3, 0.4) is 0 Å². The molecule has 0 aliphatic heterocycles. The molecular formula is C12H21N3O. The van der Waals surface area contributed by atoms with E-state index in [1.165, 1.54) is 25.7 Å². The van der Waals surface area contributed by atoms with E-state index >= 15 is 0 Å². The largest absolute Gasteiger partial charge is 0.370 e. The first-order valence-electron chi connectivity index (χ1n) is 5.96. The van der Waals surface area contributed by atoms with E-state index in [0.717, 1.165) is 18.8 Å². The standard InChI is InChI=1S/C12H21N3O/c13-12(14)15-11(16)9-5-4-8-10-6-2-1-3-7-10/h1-2,10H,3-9H2,(H4,13,14,15,16). The highest BCUT2D eigenvalue weighted by Crippen LogP contribution is 2.23. The topological polar surface area (TPSA) is 81.5 Å². The molecule has 4 N–H and O–H groups in total. The maximum atomic E-state index is 11.1. The van der Waals surface area contributed by atoms with Gasteiger partial charge < -0.3 is 11.5 Å². The summed E-state index contributed by atoms with van der Waals surface area (Å²) in [5, 5.41) is 0. The summed E-state index contributed by atoms with van der Waals surface area (Å²) in [7, 11) is 0. The molecule has 0 saturated carbocycles. The number of carbonyl (C=O) groups is 1. The summed E-state index contributed by atoms with van der Waals surface area (Å²) in [5.41, 5.74) is 10.2. The summed E-state index contributed by atoms with van der Waals surface area (Å²) < 4.78 is 0. The van der Waals surface area contributed by atoms with E-state index in [2.05, 4.69) is 17.1 Å². The zero-order chi connectivity index (χ0) is 11.8. The van der Waals surface area contributed by atoms with Gasteiger partial charge in [-0.25, -0.2) is 0 Å². The van der Waals surface area contributed by atoms with Gasteiger partial charge in [0.25, 0.3) is 0 Å². The van der Waals surface area contributed by atoms with Gasteiger partial charge in [0.15, 0.2) is 5.96 Å². The molecule has 90 valence electrons. The van der Waals surface area contributed by atoms with Crippen molar-refractivity contribution in [2.24, 2.45) is 22.4 Å². The predicted molar refractivity (Wildman–Crippen MR) is 65.8 cm³/mol. The molecule has 4 nitrogen and oxygen atoms in total. The number of nitrogens with two attached hydrogens (primary N) is 2. The number of amides is 1. The van der Waals surface area contributed by atoms with E-state index in [0.29, 0.717) is 6.42 Å². The van der Waals surface area contributed by atoms with Gasteiger partial charge in [-0.2, -0.15) is 4.99 Å². The van der Waals surface area contributed by atoms with Crippen LogP contribution in [0.2, 0.25) is 0 Å². The van der Waals surface area contributed by atoms with Crippen molar-refractivity contribution in [1.82, 2.24) is 0 Å². The van der Waals surface area contributed by atoms with Gasteiger partial charge >= 0.3 is 0 Å². The third-order valence-electron chi connectivity index (χ3n) is 2.88. The molecule has 0 fully saturated rings. The zero-order valence-electron chi connectivity index (χ0n) is 9.69. The van der Waals surface area contributed by atoms with Crippen molar-refractivity contribution in [3.05, 3.63) is 12.2 Å². The lowest BCUT2D eigenvalue weighted by Gasteiger charge is -2.16. The molecule has 16 heavy (non-hydrogen) atoms. The maximum Gasteiger partial charge on any atom is 0.248 e. The highest BCUT2D eigenvalue weighted by molar-refractivity contribution is 5.91. The van der Waals surface area contributed by atoms with E-state index in [1.807, 2.05) is 0 Å². The first-order chi connectivity index (χ1) is 7.68. The number of allylic oxidation sites excluding steroid dienone is 2. The predicted octanol–water partition coefficient (Wildman–Crippen LogP) is 1.70. The first-order valence-corrected chi connectivity index (χ1v) is 5.96. The molecule has 1 rings (SSSR count). The molecule has 4 heteroatoms. The Morgan fingerprint density at radius 3 is 2.75 bits per heavy atom. The van der Waals surface area contributed by atoms with Gasteiger partial charge in [0.05, 0.1) is 0 Å². The number of hydrogen-bond donors (Lipinski definition) is 2. The summed E-state index contributed by atoms with van der Waals surface area (Å²) in [6, 6.07) is 0. The number of guanidine groups is 1. The van der Waals surface area contributed by atoms with Crippen LogP contribution in [0.4, 0.5) is 0 Å². The third-order valence-corrected chi connectivity index (χ3v) is 2.88. The number of carbonyl (C=O) groups excluding carboxylic acids is 1. The highest BCUT2D eigenvalue weighted by Gasteiger charge is 2.09. The van der Waals surface area contributed by atoms with Crippen LogP contribution in [-0.2, 0) is 4.79 Å². The van der Waals surface area contributed by atoms with E-state index in [-0.39, 0.29) is 11.9 Å². The molecule has 0 radical (unpaired) electrons. The highest BCUT2D eigenvalue weighted by atomic mass is 16.1. The van der Waals surface area contributed by atoms with Crippen LogP contribution < -0.4 is 11.5 Å². The van der Waals surface area contributed by atoms with E-state index in [1.54, 1.807) is 0 Å². The average molecular weight is 223 g/mol. The minimum atomic E-state index is -0.205. The van der Waals surface area contributed by atoms with Gasteiger partial charge in [-0.1, -0.05) is 25.0 Å². The molecule has 1 atom stereocenters. The number of hydrogen-bond acceptors (Lipinski definition) is 1. The Morgan fingerprint density at radius 2 is 2.12 bits per heavy atom. The van der Waals surface area contributed by atoms with Crippen molar-refractivity contribution >= 4 is 11.9 Å². The van der Waals surface area contributed by atoms with Crippen molar-refractivity contribution in [3.8, 4) is 0 Å². The van der Waals surface area contributed by atoms with E-state index in [9.17, 15) is 4.79 Å². The summed E-state index contributed by atoms with van der Waals surface area (Å²) in [4.78, 5) is 14.6. The van der Waals surface area contributed by atoms with Crippen molar-refractivity contribution in [2.75, 3.05) is 0 Å². The van der Waals surface area contributed by atoms with Crippen molar-refractivity contribution in [1.29, 1.82) is 0 Å². The summed E-state index contributed by atoms with van der Waals surface area (Å²) >= 11 is 0. The van der Waals surface area contributed by atoms with E-state index < -0.39 is 0 Å². The van der Waals surface area contributed by atoms with Gasteiger partial charge in [-0.3, -0.25) is 4.79 Å². The summed E-state index contributed by atoms with van der Waals surface area (Å²) in [5.74, 6) is 0.467. The third kappa shape index (κ3) is 5.53. The number of unbranched alkanes of at least 4 members (excludes halogenated alkanes) is 1. The van der Waals surface area contributed by atoms with Crippen LogP contribution in [0.5, 0.6) is 0 Å². The van der Waals surface area contributed by atoms with Gasteiger partial charge in [-0.05, 0) is 31.6 Å². The second-order valence-corrected chi connectivity index (χ2v) is 4.33. The maximum absolute atomic E-state index is 11.1. The van der Waals surface area contributed by atoms with Gasteiger partial charge in [0, 0.05) is 6.42 Å². The van der Waals surface area contributed by atoms with Crippen LogP contribution >= 0.6 is 0 Å². The molecule has 0 spiro atoms. The Balaban J connectivity index is 2.05. The van der Waals surface area contributed by atoms with Gasteiger partial charge in [0.1, 0.15) is 0 Å². The van der Waals surface area contributed by atoms with Crippen LogP contribution in [0, 0.1) is 5.92 Å². The number of rotatable bonds is 5. The second-order valence-electron chi connectivity index (χ2n) is 4.33. The Morgan fingerprint density at radius 1 is 1.31 bits per heavy atom. The lowest BCUT2D eigenvalue weighted by atomic mass is 9.89. The lowest BCUT2D eigenvalue weighted by molar-refractivity contribution is -0.117. The Hall–Kier alpha value is -1.32. The van der Waals surface area contributed by atoms with Crippen molar-refractivity contribution < 1.29 is 4.79 Å². The van der Waals surface area contributed by atoms with Crippen LogP contribution in [-0.4, -0.2) is 11.9 Å². The monoisotopic (exact) mass is 223 g/mol. The zero-order valence-corrected chi connectivity index (χ0v) is 9.69. The first kappa shape index (κ1) is 12.7. The van der Waals surface area contributed by atoms with Crippen LogP contribution in [0.25, 0.3) is 0 Å². The molecule has 1 amide bonds. The molecule has 0 bridgehead atoms. The second kappa shape index (κ2) is 7.04. The van der Waals surface area contributed by atoms with Crippen LogP contribution in [0.1, 0.15) is 44.9 Å². The summed E-state index contributed by atoms with van der Waals surface area (Å²) in [6.45, 7) is 0. The average Bonchev–Trinajstić information content (AvgIpc) is 2.25.